The molecule has 0 saturated carbocycles. The Kier molecular flexibility index (Phi) is 7.46. The van der Waals surface area contributed by atoms with Crippen molar-refractivity contribution in [3.05, 3.63) is 88.9 Å². The third kappa shape index (κ3) is 6.64. The van der Waals surface area contributed by atoms with Gasteiger partial charge in [-0.3, -0.25) is 9.59 Å². The van der Waals surface area contributed by atoms with Crippen molar-refractivity contribution in [1.29, 1.82) is 0 Å². The van der Waals surface area contributed by atoms with Gasteiger partial charge in [0.15, 0.2) is 0 Å². The molecule has 3 aromatic rings. The number of hydrogen-bond donors (Lipinski definition) is 3. The van der Waals surface area contributed by atoms with Gasteiger partial charge in [-0.2, -0.15) is 0 Å². The van der Waals surface area contributed by atoms with Crippen LogP contribution in [0.15, 0.2) is 72.8 Å². The fourth-order valence-corrected chi connectivity index (χ4v) is 3.07. The summed E-state index contributed by atoms with van der Waals surface area (Å²) in [6.45, 7) is 2.00. The first kappa shape index (κ1) is 21.4. The minimum atomic E-state index is -0.188. The molecule has 0 fully saturated rings. The van der Waals surface area contributed by atoms with E-state index in [4.69, 9.17) is 11.6 Å². The molecule has 0 saturated heterocycles. The Bertz CT molecular complexity index is 1020. The summed E-state index contributed by atoms with van der Waals surface area (Å²) in [5.74, 6) is -0.239. The zero-order chi connectivity index (χ0) is 21.3. The first-order chi connectivity index (χ1) is 14.5. The zero-order valence-corrected chi connectivity index (χ0v) is 17.5. The lowest BCUT2D eigenvalue weighted by Gasteiger charge is -2.11. The van der Waals surface area contributed by atoms with Crippen LogP contribution in [0.2, 0.25) is 5.02 Å². The second kappa shape index (κ2) is 10.5. The predicted octanol–water partition coefficient (Wildman–Crippen LogP) is 5.27. The third-order valence-corrected chi connectivity index (χ3v) is 4.95. The number of anilines is 3. The molecule has 30 heavy (non-hydrogen) atoms. The molecule has 3 rings (SSSR count). The number of rotatable bonds is 8. The van der Waals surface area contributed by atoms with Gasteiger partial charge in [0.1, 0.15) is 0 Å². The lowest BCUT2D eigenvalue weighted by molar-refractivity contribution is -0.116. The summed E-state index contributed by atoms with van der Waals surface area (Å²) in [5.41, 5.74) is 4.16. The summed E-state index contributed by atoms with van der Waals surface area (Å²) in [6, 6.07) is 22.6. The fourth-order valence-electron chi connectivity index (χ4n) is 2.89. The van der Waals surface area contributed by atoms with E-state index < -0.39 is 0 Å². The molecule has 0 heterocycles. The number of amides is 2. The summed E-state index contributed by atoms with van der Waals surface area (Å²) in [4.78, 5) is 24.4. The van der Waals surface area contributed by atoms with Gasteiger partial charge in [-0.25, -0.2) is 0 Å². The topological polar surface area (TPSA) is 70.2 Å². The molecule has 0 aromatic heterocycles. The van der Waals surface area contributed by atoms with Gasteiger partial charge in [0, 0.05) is 28.5 Å². The van der Waals surface area contributed by atoms with Crippen molar-refractivity contribution in [2.24, 2.45) is 0 Å². The van der Waals surface area contributed by atoms with E-state index >= 15 is 0 Å². The van der Waals surface area contributed by atoms with E-state index in [0.717, 1.165) is 16.8 Å². The maximum atomic E-state index is 12.2. The molecule has 6 heteroatoms. The van der Waals surface area contributed by atoms with Crippen LogP contribution in [0.3, 0.4) is 0 Å². The van der Waals surface area contributed by atoms with Gasteiger partial charge < -0.3 is 16.0 Å². The van der Waals surface area contributed by atoms with Crippen molar-refractivity contribution in [2.45, 2.75) is 19.8 Å². The van der Waals surface area contributed by atoms with Crippen molar-refractivity contribution in [3.8, 4) is 0 Å². The van der Waals surface area contributed by atoms with Gasteiger partial charge >= 0.3 is 0 Å². The van der Waals surface area contributed by atoms with Gasteiger partial charge in [-0.1, -0.05) is 54.1 Å². The van der Waals surface area contributed by atoms with Crippen LogP contribution in [0, 0.1) is 6.92 Å². The predicted molar refractivity (Wildman–Crippen MR) is 123 cm³/mol. The summed E-state index contributed by atoms with van der Waals surface area (Å²) in [6.07, 6.45) is 1.09. The van der Waals surface area contributed by atoms with Gasteiger partial charge in [0.05, 0.1) is 6.54 Å². The molecule has 3 aromatic carbocycles. The molecule has 154 valence electrons. The molecule has 0 atom stereocenters. The number of nitrogens with one attached hydrogen (secondary N) is 3. The van der Waals surface area contributed by atoms with Crippen molar-refractivity contribution < 1.29 is 9.59 Å². The number of aryl methyl sites for hydroxylation is 2. The van der Waals surface area contributed by atoms with Gasteiger partial charge in [-0.15, -0.1) is 0 Å². The number of halogens is 1. The van der Waals surface area contributed by atoms with E-state index in [1.54, 1.807) is 12.1 Å². The first-order valence-electron chi connectivity index (χ1n) is 9.73. The molecule has 0 radical (unpaired) electrons. The monoisotopic (exact) mass is 421 g/mol. The van der Waals surface area contributed by atoms with Crippen LogP contribution in [0.25, 0.3) is 0 Å². The molecule has 0 aliphatic heterocycles. The van der Waals surface area contributed by atoms with E-state index in [-0.39, 0.29) is 18.4 Å². The maximum absolute atomic E-state index is 12.2. The van der Waals surface area contributed by atoms with Crippen LogP contribution >= 0.6 is 11.6 Å². The van der Waals surface area contributed by atoms with E-state index in [0.29, 0.717) is 29.2 Å². The Morgan fingerprint density at radius 2 is 1.50 bits per heavy atom. The highest BCUT2D eigenvalue weighted by Gasteiger charge is 2.06. The second-order valence-electron chi connectivity index (χ2n) is 6.98. The van der Waals surface area contributed by atoms with E-state index in [2.05, 4.69) is 16.0 Å². The normalized spacial score (nSPS) is 10.3. The van der Waals surface area contributed by atoms with Crippen LogP contribution in [-0.2, 0) is 16.0 Å². The van der Waals surface area contributed by atoms with Crippen LogP contribution in [-0.4, -0.2) is 18.4 Å². The molecule has 5 nitrogen and oxygen atoms in total. The Morgan fingerprint density at radius 3 is 2.27 bits per heavy atom. The van der Waals surface area contributed by atoms with E-state index in [1.807, 2.05) is 67.6 Å². The van der Waals surface area contributed by atoms with Gasteiger partial charge in [0.25, 0.3) is 0 Å². The highest BCUT2D eigenvalue weighted by atomic mass is 35.5. The summed E-state index contributed by atoms with van der Waals surface area (Å²) in [5, 5.41) is 9.37. The van der Waals surface area contributed by atoms with E-state index in [1.165, 1.54) is 0 Å². The Labute approximate surface area is 181 Å². The lowest BCUT2D eigenvalue weighted by atomic mass is 10.1. The average Bonchev–Trinajstić information content (AvgIpc) is 2.74. The zero-order valence-electron chi connectivity index (χ0n) is 16.7. The average molecular weight is 422 g/mol. The largest absolute Gasteiger partial charge is 0.376 e. The maximum Gasteiger partial charge on any atom is 0.243 e. The summed E-state index contributed by atoms with van der Waals surface area (Å²) in [7, 11) is 0. The van der Waals surface area contributed by atoms with Crippen LogP contribution < -0.4 is 16.0 Å². The molecule has 2 amide bonds. The molecule has 0 aliphatic carbocycles. The summed E-state index contributed by atoms with van der Waals surface area (Å²) >= 11 is 6.08. The van der Waals surface area contributed by atoms with Crippen LogP contribution in [0.4, 0.5) is 17.1 Å². The third-order valence-electron chi connectivity index (χ3n) is 4.54. The molecular weight excluding hydrogens is 398 g/mol. The van der Waals surface area contributed by atoms with E-state index in [9.17, 15) is 9.59 Å². The molecule has 0 aliphatic rings. The van der Waals surface area contributed by atoms with Crippen molar-refractivity contribution in [2.75, 3.05) is 22.5 Å². The van der Waals surface area contributed by atoms with Crippen molar-refractivity contribution in [3.63, 3.8) is 0 Å². The first-order valence-corrected chi connectivity index (χ1v) is 10.1. The molecule has 3 N–H and O–H groups in total. The molecule has 0 spiro atoms. The lowest BCUT2D eigenvalue weighted by Crippen LogP contribution is -2.21. The van der Waals surface area contributed by atoms with Gasteiger partial charge in [-0.05, 0) is 54.8 Å². The Hall–Kier alpha value is -3.31. The number of hydrogen-bond acceptors (Lipinski definition) is 3. The summed E-state index contributed by atoms with van der Waals surface area (Å²) < 4.78 is 0. The standard InChI is InChI=1S/C24H24ClN3O2/c1-17-10-12-21(15-22(17)25)28-24(30)16-26-19-8-5-9-20(14-19)27-23(29)13-11-18-6-3-2-4-7-18/h2-10,12,14-15,26H,11,13,16H2,1H3,(H,27,29)(H,28,30). The van der Waals surface area contributed by atoms with Gasteiger partial charge in [0.2, 0.25) is 11.8 Å². The van der Waals surface area contributed by atoms with Crippen molar-refractivity contribution >= 4 is 40.5 Å². The Balaban J connectivity index is 1.48. The van der Waals surface area contributed by atoms with Crippen LogP contribution in [0.1, 0.15) is 17.5 Å². The smallest absolute Gasteiger partial charge is 0.243 e. The highest BCUT2D eigenvalue weighted by Crippen LogP contribution is 2.20. The SMILES string of the molecule is Cc1ccc(NC(=O)CNc2cccc(NC(=O)CCc3ccccc3)c2)cc1Cl. The quantitative estimate of drug-likeness (QED) is 0.464. The number of carbonyl (C=O) groups excluding carboxylic acids is 2. The minimum Gasteiger partial charge on any atom is -0.376 e. The second-order valence-corrected chi connectivity index (χ2v) is 7.39. The molecule has 0 bridgehead atoms. The molecule has 0 unspecified atom stereocenters. The highest BCUT2D eigenvalue weighted by molar-refractivity contribution is 6.31. The molecular formula is C24H24ClN3O2. The number of benzene rings is 3. The minimum absolute atomic E-state index is 0.0509. The number of carbonyl (C=O) groups is 2. The van der Waals surface area contributed by atoms with Crippen LogP contribution in [0.5, 0.6) is 0 Å². The fraction of sp³-hybridized carbons (Fsp3) is 0.167. The van der Waals surface area contributed by atoms with Crippen molar-refractivity contribution in [1.82, 2.24) is 0 Å². The Morgan fingerprint density at radius 1 is 0.800 bits per heavy atom.